The Morgan fingerprint density at radius 1 is 1.25 bits per heavy atom. The molecule has 0 bridgehead atoms. The van der Waals surface area contributed by atoms with Gasteiger partial charge in [-0.3, -0.25) is 4.79 Å². The third-order valence-corrected chi connectivity index (χ3v) is 6.91. The highest BCUT2D eigenvalue weighted by atomic mass is 35.5. The Morgan fingerprint density at radius 2 is 1.91 bits per heavy atom. The van der Waals surface area contributed by atoms with E-state index in [-0.39, 0.29) is 42.3 Å². The van der Waals surface area contributed by atoms with Crippen molar-refractivity contribution in [3.8, 4) is 11.5 Å². The summed E-state index contributed by atoms with van der Waals surface area (Å²) in [4.78, 5) is 12.9. The summed E-state index contributed by atoms with van der Waals surface area (Å²) < 4.78 is 26.7. The minimum Gasteiger partial charge on any atom is -0.489 e. The van der Waals surface area contributed by atoms with Crippen LogP contribution in [0.4, 0.5) is 4.39 Å². The summed E-state index contributed by atoms with van der Waals surface area (Å²) in [5, 5.41) is 9.85. The molecule has 9 heteroatoms. The third-order valence-electron chi connectivity index (χ3n) is 6.24. The van der Waals surface area contributed by atoms with E-state index < -0.39 is 11.8 Å². The van der Waals surface area contributed by atoms with E-state index in [4.69, 9.17) is 37.8 Å². The molecule has 0 unspecified atom stereocenters. The molecular weight excluding hydrogens is 480 g/mol. The van der Waals surface area contributed by atoms with Gasteiger partial charge in [0.2, 0.25) is 5.82 Å². The van der Waals surface area contributed by atoms with E-state index in [1.165, 1.54) is 0 Å². The lowest BCUT2D eigenvalue weighted by atomic mass is 9.74. The van der Waals surface area contributed by atoms with E-state index in [1.807, 2.05) is 13.0 Å². The predicted octanol–water partition coefficient (Wildman–Crippen LogP) is 5.64. The minimum atomic E-state index is -0.794. The van der Waals surface area contributed by atoms with Gasteiger partial charge in [0.15, 0.2) is 11.5 Å². The van der Waals surface area contributed by atoms with Crippen LogP contribution in [0.2, 0.25) is 10.0 Å². The van der Waals surface area contributed by atoms with Gasteiger partial charge in [-0.25, -0.2) is 0 Å². The van der Waals surface area contributed by atoms with Crippen molar-refractivity contribution in [1.82, 2.24) is 4.90 Å². The van der Waals surface area contributed by atoms with Gasteiger partial charge in [-0.1, -0.05) is 29.3 Å². The Balaban J connectivity index is 0.00000289. The smallest absolute Gasteiger partial charge is 0.304 e. The molecule has 1 spiro atoms. The maximum Gasteiger partial charge on any atom is 0.304 e. The molecule has 174 valence electrons. The Kier molecular flexibility index (Phi) is 7.81. The SMILES string of the molecule is Cc1cc(Cl)c(COc2ccc3c(c2F)OCC32CCN(CCC(=O)O)CC2)c(Cl)c1.Cl. The first-order valence-corrected chi connectivity index (χ1v) is 11.0. The fraction of sp³-hybridized carbons (Fsp3) is 0.435. The van der Waals surface area contributed by atoms with Gasteiger partial charge in [0.1, 0.15) is 6.61 Å². The number of likely N-dealkylation sites (tertiary alicyclic amines) is 1. The molecule has 0 aliphatic carbocycles. The predicted molar refractivity (Wildman–Crippen MR) is 124 cm³/mol. The molecule has 4 rings (SSSR count). The number of nitrogens with zero attached hydrogens (tertiary/aromatic N) is 1. The molecule has 0 radical (unpaired) electrons. The third kappa shape index (κ3) is 4.93. The number of ether oxygens (including phenoxy) is 2. The summed E-state index contributed by atoms with van der Waals surface area (Å²) in [5.74, 6) is -0.959. The van der Waals surface area contributed by atoms with Crippen molar-refractivity contribution in [2.24, 2.45) is 0 Å². The molecule has 1 N–H and O–H groups in total. The first-order valence-electron chi connectivity index (χ1n) is 10.3. The topological polar surface area (TPSA) is 59.0 Å². The second-order valence-electron chi connectivity index (χ2n) is 8.30. The summed E-state index contributed by atoms with van der Waals surface area (Å²) in [5.41, 5.74) is 2.18. The van der Waals surface area contributed by atoms with E-state index in [0.717, 1.165) is 37.1 Å². The Bertz CT molecular complexity index is 986. The first-order chi connectivity index (χ1) is 14.8. The quantitative estimate of drug-likeness (QED) is 0.551. The van der Waals surface area contributed by atoms with Gasteiger partial charge >= 0.3 is 5.97 Å². The van der Waals surface area contributed by atoms with Gasteiger partial charge < -0.3 is 19.5 Å². The normalized spacial score (nSPS) is 16.9. The van der Waals surface area contributed by atoms with Crippen molar-refractivity contribution in [1.29, 1.82) is 0 Å². The second-order valence-corrected chi connectivity index (χ2v) is 9.12. The lowest BCUT2D eigenvalue weighted by molar-refractivity contribution is -0.137. The van der Waals surface area contributed by atoms with E-state index >= 15 is 4.39 Å². The van der Waals surface area contributed by atoms with Crippen LogP contribution in [-0.4, -0.2) is 42.2 Å². The number of fused-ring (bicyclic) bond motifs is 2. The van der Waals surface area contributed by atoms with Gasteiger partial charge in [-0.2, -0.15) is 4.39 Å². The number of hydrogen-bond acceptors (Lipinski definition) is 4. The molecule has 2 heterocycles. The van der Waals surface area contributed by atoms with Gasteiger partial charge in [0, 0.05) is 33.1 Å². The average Bonchev–Trinajstić information content (AvgIpc) is 3.07. The lowest BCUT2D eigenvalue weighted by Crippen LogP contribution is -2.44. The van der Waals surface area contributed by atoms with E-state index in [9.17, 15) is 4.79 Å². The first kappa shape index (κ1) is 24.9. The van der Waals surface area contributed by atoms with E-state index in [2.05, 4.69) is 4.90 Å². The maximum atomic E-state index is 15.2. The number of aryl methyl sites for hydroxylation is 1. The number of carboxylic acids is 1. The molecule has 2 aliphatic heterocycles. The van der Waals surface area contributed by atoms with Gasteiger partial charge in [0.05, 0.1) is 13.0 Å². The largest absolute Gasteiger partial charge is 0.489 e. The molecule has 1 fully saturated rings. The second kappa shape index (κ2) is 10.0. The van der Waals surface area contributed by atoms with Crippen LogP contribution in [0.5, 0.6) is 11.5 Å². The Labute approximate surface area is 202 Å². The maximum absolute atomic E-state index is 15.2. The zero-order valence-electron chi connectivity index (χ0n) is 17.6. The zero-order valence-corrected chi connectivity index (χ0v) is 20.0. The number of rotatable bonds is 6. The lowest BCUT2D eigenvalue weighted by Gasteiger charge is -2.38. The molecule has 0 saturated carbocycles. The molecule has 2 aromatic carbocycles. The van der Waals surface area contributed by atoms with Crippen LogP contribution in [0.15, 0.2) is 24.3 Å². The van der Waals surface area contributed by atoms with E-state index in [0.29, 0.717) is 28.8 Å². The fourth-order valence-corrected chi connectivity index (χ4v) is 5.09. The number of aliphatic carboxylic acids is 1. The van der Waals surface area contributed by atoms with Crippen LogP contribution in [0.3, 0.4) is 0 Å². The van der Waals surface area contributed by atoms with Crippen LogP contribution >= 0.6 is 35.6 Å². The summed E-state index contributed by atoms with van der Waals surface area (Å²) in [6.45, 7) is 4.43. The number of carboxylic acid groups (broad SMARTS) is 1. The van der Waals surface area contributed by atoms with Crippen molar-refractivity contribution in [2.75, 3.05) is 26.2 Å². The zero-order chi connectivity index (χ0) is 22.2. The van der Waals surface area contributed by atoms with Crippen molar-refractivity contribution in [2.45, 2.75) is 38.2 Å². The summed E-state index contributed by atoms with van der Waals surface area (Å²) in [7, 11) is 0. The molecule has 1 saturated heterocycles. The molecule has 0 aromatic heterocycles. The van der Waals surface area contributed by atoms with Crippen LogP contribution in [0.1, 0.15) is 36.0 Å². The Hall–Kier alpha value is -1.73. The molecule has 32 heavy (non-hydrogen) atoms. The molecular formula is C23H25Cl3FNO4. The molecule has 5 nitrogen and oxygen atoms in total. The molecule has 0 amide bonds. The number of piperidine rings is 1. The molecule has 2 aliphatic rings. The van der Waals surface area contributed by atoms with Gasteiger partial charge in [0.25, 0.3) is 0 Å². The van der Waals surface area contributed by atoms with Crippen LogP contribution in [0, 0.1) is 12.7 Å². The van der Waals surface area contributed by atoms with Crippen molar-refractivity contribution >= 4 is 41.6 Å². The number of hydrogen-bond donors (Lipinski definition) is 1. The van der Waals surface area contributed by atoms with Crippen LogP contribution < -0.4 is 9.47 Å². The summed E-state index contributed by atoms with van der Waals surface area (Å²) in [6, 6.07) is 7.10. The summed E-state index contributed by atoms with van der Waals surface area (Å²) >= 11 is 12.5. The van der Waals surface area contributed by atoms with Crippen molar-refractivity contribution in [3.63, 3.8) is 0 Å². The van der Waals surface area contributed by atoms with Crippen LogP contribution in [-0.2, 0) is 16.8 Å². The Morgan fingerprint density at radius 3 is 2.53 bits per heavy atom. The highest BCUT2D eigenvalue weighted by molar-refractivity contribution is 6.36. The molecule has 0 atom stereocenters. The number of halogens is 4. The number of benzene rings is 2. The average molecular weight is 505 g/mol. The highest BCUT2D eigenvalue weighted by Crippen LogP contribution is 2.48. The van der Waals surface area contributed by atoms with E-state index in [1.54, 1.807) is 18.2 Å². The van der Waals surface area contributed by atoms with Gasteiger partial charge in [-0.05, 0) is 56.6 Å². The van der Waals surface area contributed by atoms with Crippen molar-refractivity contribution < 1.29 is 23.8 Å². The van der Waals surface area contributed by atoms with Crippen LogP contribution in [0.25, 0.3) is 0 Å². The molecule has 2 aromatic rings. The fourth-order valence-electron chi connectivity index (χ4n) is 4.39. The number of carbonyl (C=O) groups is 1. The standard InChI is InChI=1S/C23H24Cl2FNO4.ClH/c1-14-10-17(24)15(18(25)11-14)12-30-19-3-2-16-22(21(19)26)31-13-23(16)5-8-27(9-6-23)7-4-20(28)29;/h2-3,10-11H,4-9,12-13H2,1H3,(H,28,29);1H. The summed E-state index contributed by atoms with van der Waals surface area (Å²) in [6.07, 6.45) is 1.73. The van der Waals surface area contributed by atoms with Gasteiger partial charge in [-0.15, -0.1) is 12.4 Å². The minimum absolute atomic E-state index is 0. The highest BCUT2D eigenvalue weighted by Gasteiger charge is 2.44. The van der Waals surface area contributed by atoms with Crippen molar-refractivity contribution in [3.05, 3.63) is 56.8 Å². The monoisotopic (exact) mass is 503 g/mol.